The van der Waals surface area contributed by atoms with Crippen molar-refractivity contribution in [2.24, 2.45) is 5.73 Å². The van der Waals surface area contributed by atoms with Crippen LogP contribution >= 0.6 is 12.4 Å². The molecule has 5 nitrogen and oxygen atoms in total. The van der Waals surface area contributed by atoms with Crippen molar-refractivity contribution in [2.75, 3.05) is 6.54 Å². The van der Waals surface area contributed by atoms with Gasteiger partial charge < -0.3 is 11.1 Å². The van der Waals surface area contributed by atoms with Gasteiger partial charge in [0, 0.05) is 18.5 Å². The van der Waals surface area contributed by atoms with E-state index in [2.05, 4.69) is 5.32 Å². The largest absolute Gasteiger partial charge is 0.354 e. The second kappa shape index (κ2) is 7.89. The maximum atomic E-state index is 12.8. The molecular formula is C14H22ClFN2O3S. The van der Waals surface area contributed by atoms with Gasteiger partial charge in [-0.15, -0.1) is 12.4 Å². The van der Waals surface area contributed by atoms with Gasteiger partial charge in [-0.05, 0) is 45.0 Å². The molecule has 1 atom stereocenters. The summed E-state index contributed by atoms with van der Waals surface area (Å²) < 4.78 is 37.3. The van der Waals surface area contributed by atoms with Crippen molar-refractivity contribution in [1.29, 1.82) is 0 Å². The summed E-state index contributed by atoms with van der Waals surface area (Å²) in [5.41, 5.74) is 5.18. The molecule has 1 amide bonds. The molecule has 0 aliphatic rings. The van der Waals surface area contributed by atoms with Crippen molar-refractivity contribution in [3.05, 3.63) is 30.1 Å². The minimum absolute atomic E-state index is 0. The quantitative estimate of drug-likeness (QED) is 0.762. The van der Waals surface area contributed by atoms with Crippen LogP contribution in [-0.4, -0.2) is 31.7 Å². The van der Waals surface area contributed by atoms with E-state index in [-0.39, 0.29) is 36.2 Å². The Hall–Kier alpha value is -1.18. The minimum atomic E-state index is -3.66. The van der Waals surface area contributed by atoms with Crippen LogP contribution in [-0.2, 0) is 14.6 Å². The smallest absolute Gasteiger partial charge is 0.221 e. The number of nitrogens with one attached hydrogen (secondary N) is 1. The van der Waals surface area contributed by atoms with Gasteiger partial charge in [-0.1, -0.05) is 0 Å². The van der Waals surface area contributed by atoms with E-state index in [0.717, 1.165) is 12.1 Å². The zero-order chi connectivity index (χ0) is 16.3. The van der Waals surface area contributed by atoms with Crippen LogP contribution in [0.15, 0.2) is 29.2 Å². The molecule has 0 bridgehead atoms. The van der Waals surface area contributed by atoms with E-state index in [1.807, 2.05) is 0 Å². The van der Waals surface area contributed by atoms with Crippen LogP contribution in [0.25, 0.3) is 0 Å². The first-order chi connectivity index (χ1) is 9.52. The molecule has 0 aliphatic heterocycles. The molecule has 3 N–H and O–H groups in total. The van der Waals surface area contributed by atoms with Crippen molar-refractivity contribution in [3.8, 4) is 0 Å². The number of amides is 1. The lowest BCUT2D eigenvalue weighted by molar-refractivity contribution is -0.121. The molecule has 0 radical (unpaired) electrons. The van der Waals surface area contributed by atoms with Gasteiger partial charge in [0.1, 0.15) is 5.82 Å². The fourth-order valence-electron chi connectivity index (χ4n) is 1.63. The molecule has 22 heavy (non-hydrogen) atoms. The van der Waals surface area contributed by atoms with E-state index >= 15 is 0 Å². The van der Waals surface area contributed by atoms with E-state index in [1.54, 1.807) is 13.8 Å². The highest BCUT2D eigenvalue weighted by atomic mass is 35.5. The van der Waals surface area contributed by atoms with Crippen LogP contribution < -0.4 is 11.1 Å². The lowest BCUT2D eigenvalue weighted by Crippen LogP contribution is -2.45. The zero-order valence-electron chi connectivity index (χ0n) is 12.8. The molecule has 1 unspecified atom stereocenters. The molecule has 1 aromatic rings. The maximum absolute atomic E-state index is 12.8. The van der Waals surface area contributed by atoms with Gasteiger partial charge in [-0.3, -0.25) is 4.79 Å². The van der Waals surface area contributed by atoms with Crippen molar-refractivity contribution >= 4 is 28.2 Å². The lowest BCUT2D eigenvalue weighted by Gasteiger charge is -2.20. The van der Waals surface area contributed by atoms with Crippen molar-refractivity contribution < 1.29 is 17.6 Å². The highest BCUT2D eigenvalue weighted by molar-refractivity contribution is 7.92. The Morgan fingerprint density at radius 3 is 2.27 bits per heavy atom. The molecule has 1 rings (SSSR count). The Labute approximate surface area is 136 Å². The number of hydrogen-bond acceptors (Lipinski definition) is 4. The van der Waals surface area contributed by atoms with E-state index in [9.17, 15) is 17.6 Å². The number of hydrogen-bond donors (Lipinski definition) is 2. The van der Waals surface area contributed by atoms with Crippen LogP contribution in [0, 0.1) is 5.82 Å². The number of rotatable bonds is 6. The van der Waals surface area contributed by atoms with Gasteiger partial charge in [0.15, 0.2) is 9.84 Å². The predicted molar refractivity (Wildman–Crippen MR) is 86.2 cm³/mol. The summed E-state index contributed by atoms with van der Waals surface area (Å²) in [6, 6.07) is 4.55. The Morgan fingerprint density at radius 2 is 1.82 bits per heavy atom. The highest BCUT2D eigenvalue weighted by Crippen LogP contribution is 2.18. The van der Waals surface area contributed by atoms with E-state index < -0.39 is 26.4 Å². The van der Waals surface area contributed by atoms with Gasteiger partial charge in [-0.25, -0.2) is 12.8 Å². The van der Waals surface area contributed by atoms with Crippen molar-refractivity contribution in [3.63, 3.8) is 0 Å². The highest BCUT2D eigenvalue weighted by Gasteiger charge is 2.26. The van der Waals surface area contributed by atoms with E-state index in [0.29, 0.717) is 0 Å². The normalized spacial score (nSPS) is 13.1. The van der Waals surface area contributed by atoms with E-state index in [1.165, 1.54) is 19.1 Å². The number of sulfone groups is 1. The molecule has 0 aliphatic carbocycles. The second-order valence-corrected chi connectivity index (χ2v) is 8.15. The molecule has 0 saturated carbocycles. The first-order valence-corrected chi connectivity index (χ1v) is 8.12. The summed E-state index contributed by atoms with van der Waals surface area (Å²) in [7, 11) is -3.66. The third-order valence-corrected chi connectivity index (χ3v) is 5.04. The van der Waals surface area contributed by atoms with Gasteiger partial charge in [0.25, 0.3) is 0 Å². The summed E-state index contributed by atoms with van der Waals surface area (Å²) in [5.74, 6) is -0.892. The Kier molecular flexibility index (Phi) is 7.47. The Morgan fingerprint density at radius 1 is 1.32 bits per heavy atom. The van der Waals surface area contributed by atoms with Crippen molar-refractivity contribution in [2.45, 2.75) is 42.9 Å². The summed E-state index contributed by atoms with van der Waals surface area (Å²) >= 11 is 0. The van der Waals surface area contributed by atoms with Gasteiger partial charge in [0.2, 0.25) is 5.91 Å². The number of benzene rings is 1. The van der Waals surface area contributed by atoms with Crippen LogP contribution in [0.1, 0.15) is 27.2 Å². The number of halogens is 2. The van der Waals surface area contributed by atoms with Crippen LogP contribution in [0.3, 0.4) is 0 Å². The Bertz CT molecular complexity index is 598. The molecule has 0 spiro atoms. The fourth-order valence-corrected chi connectivity index (χ4v) is 2.98. The topological polar surface area (TPSA) is 89.3 Å². The standard InChI is InChI=1S/C14H21FN2O3S.ClH/c1-10(8-13(18)17-9-14(2,3)16)21(19,20)12-6-4-11(15)5-7-12;/h4-7,10H,8-9,16H2,1-3H3,(H,17,18);1H. The molecule has 1 aromatic carbocycles. The average Bonchev–Trinajstić information content (AvgIpc) is 2.36. The van der Waals surface area contributed by atoms with Crippen LogP contribution in [0.4, 0.5) is 4.39 Å². The fraction of sp³-hybridized carbons (Fsp3) is 0.500. The van der Waals surface area contributed by atoms with Gasteiger partial charge >= 0.3 is 0 Å². The maximum Gasteiger partial charge on any atom is 0.221 e. The van der Waals surface area contributed by atoms with Gasteiger partial charge in [0.05, 0.1) is 10.1 Å². The molecule has 0 aromatic heterocycles. The second-order valence-electron chi connectivity index (χ2n) is 5.78. The molecule has 0 saturated heterocycles. The van der Waals surface area contributed by atoms with Gasteiger partial charge in [-0.2, -0.15) is 0 Å². The summed E-state index contributed by atoms with van der Waals surface area (Å²) in [6.45, 7) is 5.22. The molecule has 8 heteroatoms. The third kappa shape index (κ3) is 6.29. The monoisotopic (exact) mass is 352 g/mol. The SMILES string of the molecule is CC(CC(=O)NCC(C)(C)N)S(=O)(=O)c1ccc(F)cc1.Cl. The Balaban J connectivity index is 0.00000441. The third-order valence-electron chi connectivity index (χ3n) is 2.89. The summed E-state index contributed by atoms with van der Waals surface area (Å²) in [6.07, 6.45) is -0.171. The minimum Gasteiger partial charge on any atom is -0.354 e. The zero-order valence-corrected chi connectivity index (χ0v) is 14.4. The van der Waals surface area contributed by atoms with E-state index in [4.69, 9.17) is 5.73 Å². The van der Waals surface area contributed by atoms with Crippen LogP contribution in [0.5, 0.6) is 0 Å². The average molecular weight is 353 g/mol. The number of nitrogens with two attached hydrogens (primary N) is 1. The van der Waals surface area contributed by atoms with Crippen molar-refractivity contribution in [1.82, 2.24) is 5.32 Å². The lowest BCUT2D eigenvalue weighted by atomic mass is 10.1. The number of carbonyl (C=O) groups excluding carboxylic acids is 1. The summed E-state index contributed by atoms with van der Waals surface area (Å²) in [4.78, 5) is 11.7. The molecule has 0 fully saturated rings. The molecular weight excluding hydrogens is 331 g/mol. The predicted octanol–water partition coefficient (Wildman–Crippen LogP) is 1.65. The first-order valence-electron chi connectivity index (χ1n) is 6.57. The summed E-state index contributed by atoms with van der Waals surface area (Å²) in [5, 5.41) is 1.70. The first kappa shape index (κ1) is 20.8. The molecule has 126 valence electrons. The number of carbonyl (C=O) groups is 1. The molecule has 0 heterocycles. The van der Waals surface area contributed by atoms with Crippen LogP contribution in [0.2, 0.25) is 0 Å².